The van der Waals surface area contributed by atoms with Crippen LogP contribution < -0.4 is 10.6 Å². The molecule has 0 bridgehead atoms. The fraction of sp³-hybridized carbons (Fsp3) is 0.294. The smallest absolute Gasteiger partial charge is 0.319 e. The van der Waals surface area contributed by atoms with Crippen LogP contribution in [0, 0.1) is 0 Å². The van der Waals surface area contributed by atoms with Crippen molar-refractivity contribution in [3.05, 3.63) is 42.5 Å². The molecule has 0 aliphatic rings. The quantitative estimate of drug-likeness (QED) is 0.635. The lowest BCUT2D eigenvalue weighted by Crippen LogP contribution is -2.29. The summed E-state index contributed by atoms with van der Waals surface area (Å²) in [6.45, 7) is 2.58. The Morgan fingerprint density at radius 1 is 1.09 bits per heavy atom. The van der Waals surface area contributed by atoms with Crippen LogP contribution in [0.15, 0.2) is 42.5 Å². The summed E-state index contributed by atoms with van der Waals surface area (Å²) in [5, 5.41) is 7.70. The van der Waals surface area contributed by atoms with Crippen molar-refractivity contribution >= 4 is 28.5 Å². The van der Waals surface area contributed by atoms with E-state index in [9.17, 15) is 9.59 Å². The van der Waals surface area contributed by atoms with Gasteiger partial charge in [-0.1, -0.05) is 30.3 Å². The molecule has 22 heavy (non-hydrogen) atoms. The van der Waals surface area contributed by atoms with Crippen LogP contribution in [0.2, 0.25) is 0 Å². The Hall–Kier alpha value is -2.56. The van der Waals surface area contributed by atoms with Gasteiger partial charge in [0.05, 0.1) is 6.61 Å². The van der Waals surface area contributed by atoms with Gasteiger partial charge in [0.15, 0.2) is 0 Å². The van der Waals surface area contributed by atoms with Crippen LogP contribution in [0.25, 0.3) is 10.8 Å². The van der Waals surface area contributed by atoms with E-state index in [2.05, 4.69) is 10.6 Å². The van der Waals surface area contributed by atoms with Gasteiger partial charge in [0.1, 0.15) is 0 Å². The standard InChI is InChI=1S/C17H20N2O3/c1-2-22-16(20)8-5-11-18-17(21)19-15-10-9-13-6-3-4-7-14(13)12-15/h3-4,6-7,9-10,12H,2,5,8,11H2,1H3,(H2,18,19,21). The lowest BCUT2D eigenvalue weighted by atomic mass is 10.1. The highest BCUT2D eigenvalue weighted by atomic mass is 16.5. The second kappa shape index (κ2) is 8.02. The molecule has 2 rings (SSSR count). The molecule has 0 spiro atoms. The largest absolute Gasteiger partial charge is 0.466 e. The molecule has 0 atom stereocenters. The maximum atomic E-state index is 11.8. The fourth-order valence-electron chi connectivity index (χ4n) is 2.11. The Kier molecular flexibility index (Phi) is 5.77. The minimum atomic E-state index is -0.279. The molecule has 5 nitrogen and oxygen atoms in total. The van der Waals surface area contributed by atoms with E-state index in [0.29, 0.717) is 26.0 Å². The predicted molar refractivity (Wildman–Crippen MR) is 86.8 cm³/mol. The molecule has 0 unspecified atom stereocenters. The summed E-state index contributed by atoms with van der Waals surface area (Å²) in [4.78, 5) is 22.9. The van der Waals surface area contributed by atoms with Crippen molar-refractivity contribution < 1.29 is 14.3 Å². The number of anilines is 1. The van der Waals surface area contributed by atoms with Gasteiger partial charge in [0.2, 0.25) is 0 Å². The maximum absolute atomic E-state index is 11.8. The SMILES string of the molecule is CCOC(=O)CCCNC(=O)Nc1ccc2ccccc2c1. The van der Waals surface area contributed by atoms with Crippen LogP contribution in [0.1, 0.15) is 19.8 Å². The number of urea groups is 1. The lowest BCUT2D eigenvalue weighted by Gasteiger charge is -2.08. The van der Waals surface area contributed by atoms with Crippen molar-refractivity contribution in [2.75, 3.05) is 18.5 Å². The first-order valence-electron chi connectivity index (χ1n) is 7.38. The molecule has 0 aliphatic carbocycles. The lowest BCUT2D eigenvalue weighted by molar-refractivity contribution is -0.143. The van der Waals surface area contributed by atoms with E-state index in [1.54, 1.807) is 6.92 Å². The zero-order chi connectivity index (χ0) is 15.8. The van der Waals surface area contributed by atoms with E-state index in [1.807, 2.05) is 42.5 Å². The Balaban J connectivity index is 1.77. The van der Waals surface area contributed by atoms with Gasteiger partial charge >= 0.3 is 12.0 Å². The molecule has 0 aromatic heterocycles. The summed E-state index contributed by atoms with van der Waals surface area (Å²) in [5.74, 6) is -0.237. The summed E-state index contributed by atoms with van der Waals surface area (Å²) >= 11 is 0. The van der Waals surface area contributed by atoms with E-state index in [4.69, 9.17) is 4.74 Å². The van der Waals surface area contributed by atoms with E-state index in [-0.39, 0.29) is 12.0 Å². The molecule has 2 N–H and O–H groups in total. The molecular weight excluding hydrogens is 280 g/mol. The van der Waals surface area contributed by atoms with Gasteiger partial charge in [-0.3, -0.25) is 4.79 Å². The number of carbonyl (C=O) groups is 2. The summed E-state index contributed by atoms with van der Waals surface area (Å²) in [5.41, 5.74) is 0.738. The van der Waals surface area contributed by atoms with Crippen molar-refractivity contribution in [2.24, 2.45) is 0 Å². The third-order valence-electron chi connectivity index (χ3n) is 3.16. The number of carbonyl (C=O) groups excluding carboxylic acids is 2. The van der Waals surface area contributed by atoms with Gasteiger partial charge in [-0.25, -0.2) is 4.79 Å². The van der Waals surface area contributed by atoms with E-state index in [1.165, 1.54) is 0 Å². The number of esters is 1. The Bertz CT molecular complexity index is 655. The van der Waals surface area contributed by atoms with Crippen molar-refractivity contribution in [3.8, 4) is 0 Å². The van der Waals surface area contributed by atoms with Crippen LogP contribution in [-0.4, -0.2) is 25.2 Å². The number of ether oxygens (including phenoxy) is 1. The molecule has 2 aromatic carbocycles. The summed E-state index contributed by atoms with van der Waals surface area (Å²) < 4.78 is 4.82. The summed E-state index contributed by atoms with van der Waals surface area (Å²) in [6, 6.07) is 13.4. The van der Waals surface area contributed by atoms with Gasteiger partial charge in [0.25, 0.3) is 0 Å². The number of amides is 2. The van der Waals surface area contributed by atoms with Crippen LogP contribution in [0.3, 0.4) is 0 Å². The fourth-order valence-corrected chi connectivity index (χ4v) is 2.11. The molecule has 0 radical (unpaired) electrons. The third kappa shape index (κ3) is 4.77. The number of rotatable bonds is 6. The molecule has 5 heteroatoms. The molecule has 2 aromatic rings. The molecule has 0 heterocycles. The third-order valence-corrected chi connectivity index (χ3v) is 3.16. The first-order chi connectivity index (χ1) is 10.7. The van der Waals surface area contributed by atoms with Gasteiger partial charge < -0.3 is 15.4 Å². The van der Waals surface area contributed by atoms with Crippen molar-refractivity contribution in [2.45, 2.75) is 19.8 Å². The van der Waals surface area contributed by atoms with Gasteiger partial charge in [-0.15, -0.1) is 0 Å². The van der Waals surface area contributed by atoms with Crippen molar-refractivity contribution in [3.63, 3.8) is 0 Å². The maximum Gasteiger partial charge on any atom is 0.319 e. The van der Waals surface area contributed by atoms with Crippen LogP contribution >= 0.6 is 0 Å². The van der Waals surface area contributed by atoms with Crippen LogP contribution in [0.5, 0.6) is 0 Å². The van der Waals surface area contributed by atoms with Gasteiger partial charge in [0, 0.05) is 18.7 Å². The highest BCUT2D eigenvalue weighted by Gasteiger charge is 2.04. The Morgan fingerprint density at radius 3 is 2.64 bits per heavy atom. The zero-order valence-corrected chi connectivity index (χ0v) is 12.6. The number of hydrogen-bond donors (Lipinski definition) is 2. The summed E-state index contributed by atoms with van der Waals surface area (Å²) in [7, 11) is 0. The highest BCUT2D eigenvalue weighted by Crippen LogP contribution is 2.18. The average molecular weight is 300 g/mol. The Morgan fingerprint density at radius 2 is 1.86 bits per heavy atom. The molecule has 0 saturated heterocycles. The second-order valence-corrected chi connectivity index (χ2v) is 4.85. The normalized spacial score (nSPS) is 10.2. The van der Waals surface area contributed by atoms with Gasteiger partial charge in [-0.05, 0) is 36.2 Å². The monoisotopic (exact) mass is 300 g/mol. The molecule has 2 amide bonds. The van der Waals surface area contributed by atoms with Crippen LogP contribution in [-0.2, 0) is 9.53 Å². The van der Waals surface area contributed by atoms with Crippen molar-refractivity contribution in [1.82, 2.24) is 5.32 Å². The average Bonchev–Trinajstić information content (AvgIpc) is 2.52. The molecule has 0 aliphatic heterocycles. The van der Waals surface area contributed by atoms with E-state index in [0.717, 1.165) is 16.5 Å². The minimum absolute atomic E-state index is 0.237. The zero-order valence-electron chi connectivity index (χ0n) is 12.6. The molecule has 116 valence electrons. The van der Waals surface area contributed by atoms with E-state index >= 15 is 0 Å². The number of hydrogen-bond acceptors (Lipinski definition) is 3. The number of nitrogens with one attached hydrogen (secondary N) is 2. The van der Waals surface area contributed by atoms with Crippen molar-refractivity contribution in [1.29, 1.82) is 0 Å². The molecule has 0 saturated carbocycles. The number of fused-ring (bicyclic) bond motifs is 1. The Labute approximate surface area is 129 Å². The summed E-state index contributed by atoms with van der Waals surface area (Å²) in [6.07, 6.45) is 0.869. The number of benzene rings is 2. The first kappa shape index (κ1) is 15.8. The predicted octanol–water partition coefficient (Wildman–Crippen LogP) is 3.30. The van der Waals surface area contributed by atoms with Crippen LogP contribution in [0.4, 0.5) is 10.5 Å². The topological polar surface area (TPSA) is 67.4 Å². The highest BCUT2D eigenvalue weighted by molar-refractivity contribution is 5.93. The van der Waals surface area contributed by atoms with Gasteiger partial charge in [-0.2, -0.15) is 0 Å². The molecular formula is C17H20N2O3. The minimum Gasteiger partial charge on any atom is -0.466 e. The van der Waals surface area contributed by atoms with E-state index < -0.39 is 0 Å². The first-order valence-corrected chi connectivity index (χ1v) is 7.38. The second-order valence-electron chi connectivity index (χ2n) is 4.85. The molecule has 0 fully saturated rings.